The minimum absolute atomic E-state index is 0. The molecule has 0 amide bonds. The van der Waals surface area contributed by atoms with Crippen LogP contribution in [-0.4, -0.2) is 41.0 Å². The number of benzene rings is 1. The molecular weight excluding hydrogens is 441 g/mol. The van der Waals surface area contributed by atoms with Gasteiger partial charge < -0.3 is 15.4 Å². The molecule has 2 N–H and O–H groups in total. The Kier molecular flexibility index (Phi) is 7.89. The van der Waals surface area contributed by atoms with E-state index >= 15 is 0 Å². The van der Waals surface area contributed by atoms with Gasteiger partial charge in [0.05, 0.1) is 24.0 Å². The number of aliphatic imine (C=N–C) groups is 1. The summed E-state index contributed by atoms with van der Waals surface area (Å²) in [6.45, 7) is 7.25. The summed E-state index contributed by atoms with van der Waals surface area (Å²) < 4.78 is 7.70. The van der Waals surface area contributed by atoms with Crippen molar-refractivity contribution in [2.45, 2.75) is 38.8 Å². The molecule has 3 rings (SSSR count). The number of aromatic nitrogens is 2. The molecule has 2 heterocycles. The smallest absolute Gasteiger partial charge is 0.191 e. The van der Waals surface area contributed by atoms with E-state index in [4.69, 9.17) is 4.74 Å². The molecule has 0 saturated carbocycles. The van der Waals surface area contributed by atoms with Crippen molar-refractivity contribution in [3.05, 3.63) is 48.3 Å². The Morgan fingerprint density at radius 2 is 2.12 bits per heavy atom. The van der Waals surface area contributed by atoms with E-state index < -0.39 is 0 Å². The fourth-order valence-corrected chi connectivity index (χ4v) is 2.92. The maximum absolute atomic E-state index is 5.83. The molecule has 1 unspecified atom stereocenters. The van der Waals surface area contributed by atoms with Crippen molar-refractivity contribution in [3.8, 4) is 5.69 Å². The molecule has 6 nitrogen and oxygen atoms in total. The van der Waals surface area contributed by atoms with Gasteiger partial charge in [0.1, 0.15) is 0 Å². The molecule has 142 valence electrons. The van der Waals surface area contributed by atoms with Gasteiger partial charge in [-0.05, 0) is 38.8 Å². The molecule has 1 fully saturated rings. The van der Waals surface area contributed by atoms with Gasteiger partial charge in [0, 0.05) is 31.5 Å². The summed E-state index contributed by atoms with van der Waals surface area (Å²) in [4.78, 5) is 4.67. The maximum atomic E-state index is 5.83. The van der Waals surface area contributed by atoms with Crippen molar-refractivity contribution in [1.29, 1.82) is 0 Å². The van der Waals surface area contributed by atoms with E-state index in [1.807, 2.05) is 47.4 Å². The minimum Gasteiger partial charge on any atom is -0.373 e. The molecule has 26 heavy (non-hydrogen) atoms. The van der Waals surface area contributed by atoms with Crippen LogP contribution in [0.1, 0.15) is 32.3 Å². The second kappa shape index (κ2) is 9.91. The zero-order valence-corrected chi connectivity index (χ0v) is 17.8. The summed E-state index contributed by atoms with van der Waals surface area (Å²) in [6.07, 6.45) is 6.10. The molecule has 1 aromatic carbocycles. The third-order valence-electron chi connectivity index (χ3n) is 4.35. The molecule has 1 aliphatic rings. The van der Waals surface area contributed by atoms with Gasteiger partial charge >= 0.3 is 0 Å². The predicted molar refractivity (Wildman–Crippen MR) is 115 cm³/mol. The highest BCUT2D eigenvalue weighted by atomic mass is 127. The molecule has 1 aromatic heterocycles. The first-order chi connectivity index (χ1) is 12.2. The number of ether oxygens (including phenoxy) is 1. The Bertz CT molecular complexity index is 695. The van der Waals surface area contributed by atoms with Gasteiger partial charge in [0.25, 0.3) is 0 Å². The molecule has 1 atom stereocenters. The monoisotopic (exact) mass is 469 g/mol. The first kappa shape index (κ1) is 20.7. The van der Waals surface area contributed by atoms with Crippen molar-refractivity contribution < 1.29 is 4.74 Å². The van der Waals surface area contributed by atoms with Gasteiger partial charge in [-0.2, -0.15) is 5.10 Å². The van der Waals surface area contributed by atoms with Crippen LogP contribution >= 0.6 is 24.0 Å². The minimum atomic E-state index is -0.0889. The summed E-state index contributed by atoms with van der Waals surface area (Å²) in [7, 11) is 0. The van der Waals surface area contributed by atoms with Crippen LogP contribution in [0.25, 0.3) is 5.69 Å². The topological polar surface area (TPSA) is 63.5 Å². The van der Waals surface area contributed by atoms with Crippen molar-refractivity contribution in [3.63, 3.8) is 0 Å². The van der Waals surface area contributed by atoms with Crippen molar-refractivity contribution in [2.75, 3.05) is 19.7 Å². The average molecular weight is 469 g/mol. The van der Waals surface area contributed by atoms with Gasteiger partial charge in [0.2, 0.25) is 0 Å². The van der Waals surface area contributed by atoms with Gasteiger partial charge in [-0.1, -0.05) is 18.2 Å². The summed E-state index contributed by atoms with van der Waals surface area (Å²) >= 11 is 0. The summed E-state index contributed by atoms with van der Waals surface area (Å²) in [5, 5.41) is 11.1. The number of rotatable bonds is 6. The predicted octanol–water partition coefficient (Wildman–Crippen LogP) is 3.11. The van der Waals surface area contributed by atoms with E-state index in [2.05, 4.69) is 34.6 Å². The Morgan fingerprint density at radius 1 is 1.31 bits per heavy atom. The van der Waals surface area contributed by atoms with Crippen LogP contribution in [0.2, 0.25) is 0 Å². The standard InChI is InChI=1S/C19H27N5O.HI/c1-3-20-18(22-15-19(2)10-7-11-25-19)21-12-16-13-23-24(14-16)17-8-5-4-6-9-17;/h4-6,8-9,13-14H,3,7,10-12,15H2,1-2H3,(H2,20,21,22);1H. The number of guanidine groups is 1. The largest absolute Gasteiger partial charge is 0.373 e. The van der Waals surface area contributed by atoms with E-state index in [1.54, 1.807) is 0 Å². The Balaban J connectivity index is 0.00000243. The van der Waals surface area contributed by atoms with E-state index in [0.717, 1.165) is 49.7 Å². The lowest BCUT2D eigenvalue weighted by Crippen LogP contribution is -2.45. The fraction of sp³-hybridized carbons (Fsp3) is 0.474. The van der Waals surface area contributed by atoms with E-state index in [1.165, 1.54) is 0 Å². The number of para-hydroxylation sites is 1. The van der Waals surface area contributed by atoms with Gasteiger partial charge in [0.15, 0.2) is 5.96 Å². The van der Waals surface area contributed by atoms with Crippen LogP contribution in [0.5, 0.6) is 0 Å². The van der Waals surface area contributed by atoms with Crippen molar-refractivity contribution in [2.24, 2.45) is 4.99 Å². The van der Waals surface area contributed by atoms with Crippen molar-refractivity contribution >= 4 is 29.9 Å². The number of nitrogens with one attached hydrogen (secondary N) is 2. The third-order valence-corrected chi connectivity index (χ3v) is 4.35. The maximum Gasteiger partial charge on any atom is 0.191 e. The SMILES string of the molecule is CCNC(=NCc1cnn(-c2ccccc2)c1)NCC1(C)CCCO1.I. The molecule has 0 spiro atoms. The van der Waals surface area contributed by atoms with Gasteiger partial charge in [-0.3, -0.25) is 0 Å². The lowest BCUT2D eigenvalue weighted by molar-refractivity contribution is 0.0243. The zero-order valence-electron chi connectivity index (χ0n) is 15.4. The van der Waals surface area contributed by atoms with Crippen LogP contribution in [0.15, 0.2) is 47.7 Å². The quantitative estimate of drug-likeness (QED) is 0.388. The molecule has 0 radical (unpaired) electrons. The summed E-state index contributed by atoms with van der Waals surface area (Å²) in [5.41, 5.74) is 2.03. The second-order valence-corrected chi connectivity index (χ2v) is 6.58. The highest BCUT2D eigenvalue weighted by molar-refractivity contribution is 14.0. The van der Waals surface area contributed by atoms with Crippen molar-refractivity contribution in [1.82, 2.24) is 20.4 Å². The first-order valence-corrected chi connectivity index (χ1v) is 8.94. The number of nitrogens with zero attached hydrogens (tertiary/aromatic N) is 3. The second-order valence-electron chi connectivity index (χ2n) is 6.58. The number of hydrogen-bond donors (Lipinski definition) is 2. The van der Waals surface area contributed by atoms with Crippen LogP contribution < -0.4 is 10.6 Å². The highest BCUT2D eigenvalue weighted by Crippen LogP contribution is 2.23. The molecule has 1 aliphatic heterocycles. The fourth-order valence-electron chi connectivity index (χ4n) is 2.92. The molecular formula is C19H28IN5O. The van der Waals surface area contributed by atoms with E-state index in [-0.39, 0.29) is 29.6 Å². The van der Waals surface area contributed by atoms with E-state index in [9.17, 15) is 0 Å². The molecule has 0 aliphatic carbocycles. The van der Waals surface area contributed by atoms with Crippen LogP contribution in [0.4, 0.5) is 0 Å². The molecule has 1 saturated heterocycles. The number of halogens is 1. The molecule has 2 aromatic rings. The van der Waals surface area contributed by atoms with E-state index in [0.29, 0.717) is 6.54 Å². The third kappa shape index (κ3) is 5.70. The van der Waals surface area contributed by atoms with Gasteiger partial charge in [-0.15, -0.1) is 24.0 Å². The molecule has 7 heteroatoms. The highest BCUT2D eigenvalue weighted by Gasteiger charge is 2.29. The lowest BCUT2D eigenvalue weighted by Gasteiger charge is -2.24. The van der Waals surface area contributed by atoms with Crippen LogP contribution in [0.3, 0.4) is 0 Å². The lowest BCUT2D eigenvalue weighted by atomic mass is 10.0. The van der Waals surface area contributed by atoms with Crippen LogP contribution in [-0.2, 0) is 11.3 Å². The normalized spacial score (nSPS) is 19.8. The Labute approximate surface area is 172 Å². The molecule has 0 bridgehead atoms. The summed E-state index contributed by atoms with van der Waals surface area (Å²) in [6, 6.07) is 10.1. The number of hydrogen-bond acceptors (Lipinski definition) is 3. The van der Waals surface area contributed by atoms with Crippen LogP contribution in [0, 0.1) is 0 Å². The average Bonchev–Trinajstić information content (AvgIpc) is 3.28. The van der Waals surface area contributed by atoms with Gasteiger partial charge in [-0.25, -0.2) is 9.67 Å². The zero-order chi connectivity index (χ0) is 17.5. The Morgan fingerprint density at radius 3 is 2.81 bits per heavy atom. The summed E-state index contributed by atoms with van der Waals surface area (Å²) in [5.74, 6) is 0.812. The Hall–Kier alpha value is -1.61. The first-order valence-electron chi connectivity index (χ1n) is 8.94.